The lowest BCUT2D eigenvalue weighted by Gasteiger charge is -2.08. The summed E-state index contributed by atoms with van der Waals surface area (Å²) in [7, 11) is 0. The molecule has 0 aliphatic heterocycles. The lowest BCUT2D eigenvalue weighted by atomic mass is 10.3. The van der Waals surface area contributed by atoms with E-state index < -0.39 is 5.82 Å². The van der Waals surface area contributed by atoms with Gasteiger partial charge in [-0.15, -0.1) is 10.2 Å². The molecule has 0 fully saturated rings. The van der Waals surface area contributed by atoms with Crippen LogP contribution in [0.2, 0.25) is 10.3 Å². The predicted octanol–water partition coefficient (Wildman–Crippen LogP) is 3.28. The molecule has 0 amide bonds. The Bertz CT molecular complexity index is 525. The number of halogens is 3. The highest BCUT2D eigenvalue weighted by Gasteiger charge is 2.13. The summed E-state index contributed by atoms with van der Waals surface area (Å²) >= 11 is 11.9. The SMILES string of the molecule is CCc1nnc(Cl)n1-c1ccc(F)cc1Cl. The highest BCUT2D eigenvalue weighted by molar-refractivity contribution is 6.33. The van der Waals surface area contributed by atoms with Crippen LogP contribution < -0.4 is 0 Å². The summed E-state index contributed by atoms with van der Waals surface area (Å²) in [5.41, 5.74) is 0.579. The van der Waals surface area contributed by atoms with Crippen molar-refractivity contribution in [3.8, 4) is 5.69 Å². The third-order valence-corrected chi connectivity index (χ3v) is 2.70. The molecule has 0 bridgehead atoms. The minimum absolute atomic E-state index is 0.213. The number of hydrogen-bond donors (Lipinski definition) is 0. The van der Waals surface area contributed by atoms with Crippen LogP contribution in [0.15, 0.2) is 18.2 Å². The zero-order valence-electron chi connectivity index (χ0n) is 8.41. The van der Waals surface area contributed by atoms with E-state index in [0.29, 0.717) is 17.9 Å². The van der Waals surface area contributed by atoms with Gasteiger partial charge in [-0.05, 0) is 29.8 Å². The van der Waals surface area contributed by atoms with Gasteiger partial charge in [0.05, 0.1) is 10.7 Å². The van der Waals surface area contributed by atoms with E-state index in [9.17, 15) is 4.39 Å². The van der Waals surface area contributed by atoms with E-state index in [0.717, 1.165) is 0 Å². The average molecular weight is 260 g/mol. The van der Waals surface area contributed by atoms with Gasteiger partial charge < -0.3 is 0 Å². The van der Waals surface area contributed by atoms with Crippen molar-refractivity contribution in [2.45, 2.75) is 13.3 Å². The largest absolute Gasteiger partial charge is 0.268 e. The summed E-state index contributed by atoms with van der Waals surface area (Å²) in [6.07, 6.45) is 0.660. The van der Waals surface area contributed by atoms with Gasteiger partial charge in [-0.3, -0.25) is 4.57 Å². The molecule has 2 aromatic rings. The molecular formula is C10H8Cl2FN3. The Morgan fingerprint density at radius 2 is 2.06 bits per heavy atom. The van der Waals surface area contributed by atoms with Gasteiger partial charge in [0, 0.05) is 6.42 Å². The summed E-state index contributed by atoms with van der Waals surface area (Å²) < 4.78 is 14.5. The van der Waals surface area contributed by atoms with Crippen LogP contribution in [-0.4, -0.2) is 14.8 Å². The van der Waals surface area contributed by atoms with E-state index in [1.165, 1.54) is 12.1 Å². The molecule has 1 aromatic carbocycles. The Balaban J connectivity index is 2.62. The molecule has 0 N–H and O–H groups in total. The minimum Gasteiger partial charge on any atom is -0.268 e. The van der Waals surface area contributed by atoms with Gasteiger partial charge >= 0.3 is 0 Å². The zero-order chi connectivity index (χ0) is 11.7. The Hall–Kier alpha value is -1.13. The third kappa shape index (κ3) is 1.90. The summed E-state index contributed by atoms with van der Waals surface area (Å²) in [6, 6.07) is 4.09. The Morgan fingerprint density at radius 3 is 2.69 bits per heavy atom. The molecule has 1 heterocycles. The second kappa shape index (κ2) is 4.39. The van der Waals surface area contributed by atoms with Gasteiger partial charge in [-0.2, -0.15) is 0 Å². The van der Waals surface area contributed by atoms with E-state index in [-0.39, 0.29) is 10.3 Å². The first-order valence-corrected chi connectivity index (χ1v) is 5.44. The Morgan fingerprint density at radius 1 is 1.31 bits per heavy atom. The standard InChI is InChI=1S/C10H8Cl2FN3/c1-2-9-14-15-10(12)16(9)8-4-3-6(13)5-7(8)11/h3-5H,2H2,1H3. The van der Waals surface area contributed by atoms with Crippen molar-refractivity contribution < 1.29 is 4.39 Å². The van der Waals surface area contributed by atoms with Gasteiger partial charge in [0.15, 0.2) is 0 Å². The minimum atomic E-state index is -0.393. The summed E-state index contributed by atoms with van der Waals surface area (Å²) in [6.45, 7) is 1.92. The second-order valence-electron chi connectivity index (χ2n) is 3.17. The molecule has 0 spiro atoms. The topological polar surface area (TPSA) is 30.7 Å². The van der Waals surface area contributed by atoms with Crippen molar-refractivity contribution in [1.82, 2.24) is 14.8 Å². The predicted molar refractivity (Wildman–Crippen MR) is 60.7 cm³/mol. The first-order chi connectivity index (χ1) is 7.63. The fourth-order valence-electron chi connectivity index (χ4n) is 1.42. The van der Waals surface area contributed by atoms with Crippen LogP contribution in [-0.2, 0) is 6.42 Å². The van der Waals surface area contributed by atoms with E-state index in [2.05, 4.69) is 10.2 Å². The number of aromatic nitrogens is 3. The fourth-order valence-corrected chi connectivity index (χ4v) is 1.90. The fraction of sp³-hybridized carbons (Fsp3) is 0.200. The maximum absolute atomic E-state index is 12.9. The van der Waals surface area contributed by atoms with Crippen molar-refractivity contribution in [2.75, 3.05) is 0 Å². The monoisotopic (exact) mass is 259 g/mol. The van der Waals surface area contributed by atoms with Crippen molar-refractivity contribution in [3.05, 3.63) is 40.1 Å². The summed E-state index contributed by atoms with van der Waals surface area (Å²) in [4.78, 5) is 0. The summed E-state index contributed by atoms with van der Waals surface area (Å²) in [5, 5.41) is 8.14. The van der Waals surface area contributed by atoms with Gasteiger partial charge in [0.1, 0.15) is 11.6 Å². The molecule has 0 aliphatic carbocycles. The van der Waals surface area contributed by atoms with Crippen molar-refractivity contribution >= 4 is 23.2 Å². The van der Waals surface area contributed by atoms with E-state index in [1.54, 1.807) is 10.6 Å². The molecule has 6 heteroatoms. The second-order valence-corrected chi connectivity index (χ2v) is 3.92. The molecule has 0 unspecified atom stereocenters. The normalized spacial score (nSPS) is 10.8. The van der Waals surface area contributed by atoms with E-state index >= 15 is 0 Å². The molecule has 0 saturated carbocycles. The van der Waals surface area contributed by atoms with Crippen LogP contribution >= 0.6 is 23.2 Å². The van der Waals surface area contributed by atoms with Crippen LogP contribution in [0, 0.1) is 5.82 Å². The zero-order valence-corrected chi connectivity index (χ0v) is 9.93. The average Bonchev–Trinajstić information content (AvgIpc) is 2.60. The molecule has 16 heavy (non-hydrogen) atoms. The third-order valence-electron chi connectivity index (χ3n) is 2.16. The lowest BCUT2D eigenvalue weighted by Crippen LogP contribution is -2.01. The molecule has 0 saturated heterocycles. The van der Waals surface area contributed by atoms with Crippen LogP contribution in [0.1, 0.15) is 12.7 Å². The summed E-state index contributed by atoms with van der Waals surface area (Å²) in [5.74, 6) is 0.287. The molecule has 2 rings (SSSR count). The lowest BCUT2D eigenvalue weighted by molar-refractivity contribution is 0.627. The quantitative estimate of drug-likeness (QED) is 0.829. The van der Waals surface area contributed by atoms with Gasteiger partial charge in [-0.1, -0.05) is 18.5 Å². The number of hydrogen-bond acceptors (Lipinski definition) is 2. The van der Waals surface area contributed by atoms with E-state index in [1.807, 2.05) is 6.92 Å². The number of benzene rings is 1. The molecule has 0 atom stereocenters. The Labute approximate surface area is 102 Å². The van der Waals surface area contributed by atoms with Crippen LogP contribution in [0.5, 0.6) is 0 Å². The number of aryl methyl sites for hydroxylation is 1. The van der Waals surface area contributed by atoms with Gasteiger partial charge in [-0.25, -0.2) is 4.39 Å². The van der Waals surface area contributed by atoms with Crippen molar-refractivity contribution in [3.63, 3.8) is 0 Å². The number of nitrogens with zero attached hydrogens (tertiary/aromatic N) is 3. The molecule has 1 aromatic heterocycles. The maximum atomic E-state index is 12.9. The van der Waals surface area contributed by atoms with Gasteiger partial charge in [0.2, 0.25) is 5.28 Å². The highest BCUT2D eigenvalue weighted by Crippen LogP contribution is 2.25. The Kier molecular flexibility index (Phi) is 3.12. The molecule has 0 aliphatic rings. The maximum Gasteiger partial charge on any atom is 0.229 e. The van der Waals surface area contributed by atoms with Crippen molar-refractivity contribution in [1.29, 1.82) is 0 Å². The first-order valence-electron chi connectivity index (χ1n) is 4.68. The van der Waals surface area contributed by atoms with Crippen LogP contribution in [0.3, 0.4) is 0 Å². The number of rotatable bonds is 2. The smallest absolute Gasteiger partial charge is 0.229 e. The molecular weight excluding hydrogens is 252 g/mol. The van der Waals surface area contributed by atoms with Crippen LogP contribution in [0.4, 0.5) is 4.39 Å². The molecule has 0 radical (unpaired) electrons. The molecule has 3 nitrogen and oxygen atoms in total. The van der Waals surface area contributed by atoms with Crippen LogP contribution in [0.25, 0.3) is 5.69 Å². The van der Waals surface area contributed by atoms with Gasteiger partial charge in [0.25, 0.3) is 0 Å². The first kappa shape index (κ1) is 11.4. The van der Waals surface area contributed by atoms with Crippen molar-refractivity contribution in [2.24, 2.45) is 0 Å². The highest BCUT2D eigenvalue weighted by atomic mass is 35.5. The molecule has 84 valence electrons. The van der Waals surface area contributed by atoms with E-state index in [4.69, 9.17) is 23.2 Å².